The van der Waals surface area contributed by atoms with Crippen LogP contribution in [0.25, 0.3) is 0 Å². The number of nitrogens with zero attached hydrogens (tertiary/aromatic N) is 1. The molecule has 0 aromatic carbocycles. The van der Waals surface area contributed by atoms with Crippen molar-refractivity contribution in [2.45, 2.75) is 58.1 Å². The van der Waals surface area contributed by atoms with Crippen molar-refractivity contribution in [1.82, 2.24) is 4.90 Å². The molecule has 0 aromatic rings. The largest absolute Gasteiger partial charge is 0.481 e. The van der Waals surface area contributed by atoms with Crippen LogP contribution in [0.4, 0.5) is 0 Å². The van der Waals surface area contributed by atoms with Crippen molar-refractivity contribution in [2.24, 2.45) is 11.3 Å². The predicted molar refractivity (Wildman–Crippen MR) is 74.1 cm³/mol. The first-order valence-corrected chi connectivity index (χ1v) is 7.51. The van der Waals surface area contributed by atoms with Gasteiger partial charge in [0, 0.05) is 19.7 Å². The number of likely N-dealkylation sites (tertiary alicyclic amines) is 1. The molecule has 0 aromatic heterocycles. The first-order valence-electron chi connectivity index (χ1n) is 7.51. The van der Waals surface area contributed by atoms with E-state index < -0.39 is 11.4 Å². The van der Waals surface area contributed by atoms with Crippen LogP contribution in [0.5, 0.6) is 0 Å². The van der Waals surface area contributed by atoms with Gasteiger partial charge < -0.3 is 9.84 Å². The van der Waals surface area contributed by atoms with Crippen LogP contribution in [0, 0.1) is 11.3 Å². The van der Waals surface area contributed by atoms with Crippen LogP contribution < -0.4 is 0 Å². The van der Waals surface area contributed by atoms with Gasteiger partial charge in [-0.2, -0.15) is 0 Å². The smallest absolute Gasteiger partial charge is 0.311 e. The van der Waals surface area contributed by atoms with E-state index in [1.165, 1.54) is 12.8 Å². The third kappa shape index (κ3) is 2.65. The van der Waals surface area contributed by atoms with E-state index in [9.17, 15) is 9.90 Å². The second-order valence-corrected chi connectivity index (χ2v) is 6.46. The molecule has 4 heteroatoms. The summed E-state index contributed by atoms with van der Waals surface area (Å²) in [7, 11) is 1.78. The van der Waals surface area contributed by atoms with E-state index in [1.807, 2.05) is 13.8 Å². The number of carbonyl (C=O) groups is 1. The highest BCUT2D eigenvalue weighted by atomic mass is 16.5. The SMILES string of the molecule is COC1CCCCC1N1CCC(C(=O)O)(C(C)C)C1. The first kappa shape index (κ1) is 14.8. The van der Waals surface area contributed by atoms with Crippen molar-refractivity contribution >= 4 is 5.97 Å². The molecular weight excluding hydrogens is 242 g/mol. The van der Waals surface area contributed by atoms with E-state index in [0.29, 0.717) is 12.6 Å². The predicted octanol–water partition coefficient (Wildman–Crippen LogP) is 2.38. The number of hydrogen-bond donors (Lipinski definition) is 1. The van der Waals surface area contributed by atoms with Gasteiger partial charge >= 0.3 is 5.97 Å². The minimum Gasteiger partial charge on any atom is -0.481 e. The Bertz CT molecular complexity index is 331. The molecule has 2 rings (SSSR count). The molecule has 2 fully saturated rings. The highest BCUT2D eigenvalue weighted by Gasteiger charge is 2.49. The van der Waals surface area contributed by atoms with Crippen molar-refractivity contribution in [2.75, 3.05) is 20.2 Å². The summed E-state index contributed by atoms with van der Waals surface area (Å²) < 4.78 is 5.62. The van der Waals surface area contributed by atoms with Gasteiger partial charge in [-0.05, 0) is 31.7 Å². The molecule has 1 aliphatic heterocycles. The fourth-order valence-corrected chi connectivity index (χ4v) is 3.81. The van der Waals surface area contributed by atoms with E-state index in [-0.39, 0.29) is 12.0 Å². The number of hydrogen-bond acceptors (Lipinski definition) is 3. The maximum atomic E-state index is 11.7. The topological polar surface area (TPSA) is 49.8 Å². The molecule has 1 N–H and O–H groups in total. The van der Waals surface area contributed by atoms with Crippen molar-refractivity contribution in [3.63, 3.8) is 0 Å². The fourth-order valence-electron chi connectivity index (χ4n) is 3.81. The highest BCUT2D eigenvalue weighted by molar-refractivity contribution is 5.75. The van der Waals surface area contributed by atoms with Crippen molar-refractivity contribution < 1.29 is 14.6 Å². The maximum Gasteiger partial charge on any atom is 0.311 e. The lowest BCUT2D eigenvalue weighted by Gasteiger charge is -2.38. The second-order valence-electron chi connectivity index (χ2n) is 6.46. The van der Waals surface area contributed by atoms with Gasteiger partial charge in [0.15, 0.2) is 0 Å². The molecule has 2 aliphatic rings. The molecule has 3 unspecified atom stereocenters. The van der Waals surface area contributed by atoms with Gasteiger partial charge in [-0.25, -0.2) is 0 Å². The molecular formula is C15H27NO3. The van der Waals surface area contributed by atoms with Crippen molar-refractivity contribution in [3.8, 4) is 0 Å². The van der Waals surface area contributed by atoms with E-state index in [0.717, 1.165) is 25.8 Å². The standard InChI is InChI=1S/C15H27NO3/c1-11(2)15(14(17)18)8-9-16(10-15)12-6-4-5-7-13(12)19-3/h11-13H,4-10H2,1-3H3,(H,17,18). The molecule has 3 atom stereocenters. The monoisotopic (exact) mass is 269 g/mol. The Kier molecular flexibility index (Phi) is 4.51. The van der Waals surface area contributed by atoms with E-state index in [4.69, 9.17) is 4.74 Å². The zero-order chi connectivity index (χ0) is 14.0. The molecule has 0 spiro atoms. The Morgan fingerprint density at radius 3 is 2.58 bits per heavy atom. The number of methoxy groups -OCH3 is 1. The van der Waals surface area contributed by atoms with Crippen molar-refractivity contribution in [3.05, 3.63) is 0 Å². The molecule has 1 saturated carbocycles. The number of aliphatic carboxylic acids is 1. The molecule has 19 heavy (non-hydrogen) atoms. The lowest BCUT2D eigenvalue weighted by atomic mass is 9.76. The van der Waals surface area contributed by atoms with Gasteiger partial charge in [-0.3, -0.25) is 9.69 Å². The fraction of sp³-hybridized carbons (Fsp3) is 0.933. The Labute approximate surface area is 116 Å². The summed E-state index contributed by atoms with van der Waals surface area (Å²) in [6.45, 7) is 5.65. The van der Waals surface area contributed by atoms with E-state index in [1.54, 1.807) is 7.11 Å². The summed E-state index contributed by atoms with van der Waals surface area (Å²) >= 11 is 0. The average molecular weight is 269 g/mol. The molecule has 1 saturated heterocycles. The van der Waals surface area contributed by atoms with Crippen molar-refractivity contribution in [1.29, 1.82) is 0 Å². The van der Waals surface area contributed by atoms with Gasteiger partial charge in [-0.1, -0.05) is 26.7 Å². The molecule has 0 bridgehead atoms. The number of carboxylic acid groups (broad SMARTS) is 1. The van der Waals surface area contributed by atoms with E-state index >= 15 is 0 Å². The summed E-state index contributed by atoms with van der Waals surface area (Å²) in [5.41, 5.74) is -0.560. The number of ether oxygens (including phenoxy) is 1. The van der Waals surface area contributed by atoms with Crippen LogP contribution in [-0.2, 0) is 9.53 Å². The van der Waals surface area contributed by atoms with E-state index in [2.05, 4.69) is 4.90 Å². The summed E-state index contributed by atoms with van der Waals surface area (Å²) in [4.78, 5) is 14.1. The lowest BCUT2D eigenvalue weighted by Crippen LogP contribution is -2.47. The second kappa shape index (κ2) is 5.80. The summed E-state index contributed by atoms with van der Waals surface area (Å²) in [6.07, 6.45) is 5.78. The summed E-state index contributed by atoms with van der Waals surface area (Å²) in [5.74, 6) is -0.450. The number of carboxylic acids is 1. The Hall–Kier alpha value is -0.610. The molecule has 1 heterocycles. The minimum absolute atomic E-state index is 0.180. The van der Waals surface area contributed by atoms with Gasteiger partial charge in [0.1, 0.15) is 0 Å². The zero-order valence-corrected chi connectivity index (χ0v) is 12.4. The van der Waals surface area contributed by atoms with Crippen LogP contribution in [-0.4, -0.2) is 48.3 Å². The third-order valence-corrected chi connectivity index (χ3v) is 5.30. The van der Waals surface area contributed by atoms with Gasteiger partial charge in [0.2, 0.25) is 0 Å². The van der Waals surface area contributed by atoms with Crippen LogP contribution in [0.3, 0.4) is 0 Å². The average Bonchev–Trinajstić information content (AvgIpc) is 2.85. The molecule has 0 radical (unpaired) electrons. The molecule has 110 valence electrons. The lowest BCUT2D eigenvalue weighted by molar-refractivity contribution is -0.151. The third-order valence-electron chi connectivity index (χ3n) is 5.30. The minimum atomic E-state index is -0.630. The maximum absolute atomic E-state index is 11.7. The Morgan fingerprint density at radius 2 is 2.05 bits per heavy atom. The quantitative estimate of drug-likeness (QED) is 0.851. The number of rotatable bonds is 4. The van der Waals surface area contributed by atoms with Gasteiger partial charge in [-0.15, -0.1) is 0 Å². The first-order chi connectivity index (χ1) is 9.01. The van der Waals surface area contributed by atoms with Gasteiger partial charge in [0.05, 0.1) is 11.5 Å². The Balaban J connectivity index is 2.09. The van der Waals surface area contributed by atoms with Crippen LogP contribution in [0.2, 0.25) is 0 Å². The van der Waals surface area contributed by atoms with Crippen LogP contribution >= 0.6 is 0 Å². The van der Waals surface area contributed by atoms with Crippen LogP contribution in [0.1, 0.15) is 46.0 Å². The van der Waals surface area contributed by atoms with Crippen LogP contribution in [0.15, 0.2) is 0 Å². The Morgan fingerprint density at radius 1 is 1.37 bits per heavy atom. The summed E-state index contributed by atoms with van der Waals surface area (Å²) in [6, 6.07) is 0.415. The molecule has 4 nitrogen and oxygen atoms in total. The normalized spacial score (nSPS) is 36.8. The molecule has 0 amide bonds. The molecule has 1 aliphatic carbocycles. The zero-order valence-electron chi connectivity index (χ0n) is 12.4. The summed E-state index contributed by atoms with van der Waals surface area (Å²) in [5, 5.41) is 9.62. The van der Waals surface area contributed by atoms with Gasteiger partial charge in [0.25, 0.3) is 0 Å². The highest BCUT2D eigenvalue weighted by Crippen LogP contribution is 2.41.